The normalized spacial score (nSPS) is 32.4. The van der Waals surface area contributed by atoms with Crippen LogP contribution in [0.4, 0.5) is 13.2 Å². The lowest BCUT2D eigenvalue weighted by atomic mass is 9.99. The third-order valence-electron chi connectivity index (χ3n) is 5.77. The summed E-state index contributed by atoms with van der Waals surface area (Å²) < 4.78 is 69.5. The summed E-state index contributed by atoms with van der Waals surface area (Å²) in [4.78, 5) is 0. The van der Waals surface area contributed by atoms with Gasteiger partial charge in [0.2, 0.25) is 0 Å². The fourth-order valence-corrected chi connectivity index (χ4v) is 4.57. The number of hydrogen-bond acceptors (Lipinski definition) is 6. The van der Waals surface area contributed by atoms with Gasteiger partial charge < -0.3 is 28.5 Å². The van der Waals surface area contributed by atoms with Gasteiger partial charge in [-0.25, -0.2) is 0 Å². The SMILES string of the molecule is CC1(C)OC[C@H](C(O[Si](C)(C)C(C)(C)C)[C@@H]2OC(C)(C)O[C@@H]2[C@@H](O)C(F)(F)F)O1. The van der Waals surface area contributed by atoms with Gasteiger partial charge >= 0.3 is 6.18 Å². The molecule has 29 heavy (non-hydrogen) atoms. The molecule has 2 rings (SSSR count). The predicted octanol–water partition coefficient (Wildman–Crippen LogP) is 3.97. The molecular weight excluding hydrogens is 409 g/mol. The highest BCUT2D eigenvalue weighted by atomic mass is 28.4. The fraction of sp³-hybridized carbons (Fsp3) is 1.00. The molecule has 1 unspecified atom stereocenters. The van der Waals surface area contributed by atoms with Crippen molar-refractivity contribution in [2.75, 3.05) is 6.61 Å². The van der Waals surface area contributed by atoms with Crippen molar-refractivity contribution in [3.63, 3.8) is 0 Å². The Bertz CT molecular complexity index is 587. The Kier molecular flexibility index (Phi) is 6.66. The first-order valence-corrected chi connectivity index (χ1v) is 12.8. The Morgan fingerprint density at radius 1 is 0.966 bits per heavy atom. The van der Waals surface area contributed by atoms with Gasteiger partial charge in [0.15, 0.2) is 26.0 Å². The molecule has 10 heteroatoms. The van der Waals surface area contributed by atoms with Crippen LogP contribution in [0.25, 0.3) is 0 Å². The summed E-state index contributed by atoms with van der Waals surface area (Å²) in [6.45, 7) is 16.7. The van der Waals surface area contributed by atoms with Crippen molar-refractivity contribution in [2.45, 2.75) is 115 Å². The molecule has 2 aliphatic heterocycles. The van der Waals surface area contributed by atoms with Gasteiger partial charge in [0.25, 0.3) is 0 Å². The second-order valence-electron chi connectivity index (χ2n) is 10.3. The molecule has 0 bridgehead atoms. The Balaban J connectivity index is 2.42. The highest BCUT2D eigenvalue weighted by Crippen LogP contribution is 2.43. The lowest BCUT2D eigenvalue weighted by molar-refractivity contribution is -0.243. The number of aliphatic hydroxyl groups is 1. The molecule has 6 nitrogen and oxygen atoms in total. The molecule has 172 valence electrons. The maximum absolute atomic E-state index is 13.3. The highest BCUT2D eigenvalue weighted by molar-refractivity contribution is 6.74. The van der Waals surface area contributed by atoms with Crippen LogP contribution in [0.2, 0.25) is 18.1 Å². The van der Waals surface area contributed by atoms with Gasteiger partial charge in [0.1, 0.15) is 24.4 Å². The van der Waals surface area contributed by atoms with Crippen LogP contribution in [0.5, 0.6) is 0 Å². The average molecular weight is 445 g/mol. The number of hydrogen-bond donors (Lipinski definition) is 1. The van der Waals surface area contributed by atoms with Gasteiger partial charge in [0.05, 0.1) is 6.61 Å². The van der Waals surface area contributed by atoms with Crippen LogP contribution >= 0.6 is 0 Å². The standard InChI is InChI=1S/C19H35F3O6Si/c1-16(2,3)29(8,9)28-12(11-10-24-17(4,5)25-11)13-14(15(23)19(20,21)22)27-18(6,7)26-13/h11-15,23H,10H2,1-9H3/t11-,12?,13+,14+,15-/m1/s1. The summed E-state index contributed by atoms with van der Waals surface area (Å²) in [5, 5.41) is 9.79. The smallest absolute Gasteiger partial charge is 0.408 e. The second kappa shape index (κ2) is 7.72. The quantitative estimate of drug-likeness (QED) is 0.648. The van der Waals surface area contributed by atoms with Crippen LogP contribution in [0.1, 0.15) is 48.5 Å². The molecule has 1 N–H and O–H groups in total. The highest BCUT2D eigenvalue weighted by Gasteiger charge is 2.59. The van der Waals surface area contributed by atoms with Crippen LogP contribution in [0, 0.1) is 0 Å². The first-order valence-electron chi connectivity index (χ1n) is 9.86. The van der Waals surface area contributed by atoms with Crippen molar-refractivity contribution in [2.24, 2.45) is 0 Å². The Morgan fingerprint density at radius 2 is 1.48 bits per heavy atom. The van der Waals surface area contributed by atoms with E-state index >= 15 is 0 Å². The van der Waals surface area contributed by atoms with E-state index in [0.717, 1.165) is 0 Å². The molecular formula is C19H35F3O6Si. The molecule has 2 saturated heterocycles. The zero-order chi connectivity index (χ0) is 22.6. The van der Waals surface area contributed by atoms with Gasteiger partial charge in [-0.2, -0.15) is 13.2 Å². The number of rotatable bonds is 5. The molecule has 0 spiro atoms. The van der Waals surface area contributed by atoms with Gasteiger partial charge in [-0.15, -0.1) is 0 Å². The fourth-order valence-electron chi connectivity index (χ4n) is 3.25. The van der Waals surface area contributed by atoms with E-state index in [-0.39, 0.29) is 11.6 Å². The van der Waals surface area contributed by atoms with Crippen LogP contribution in [0.15, 0.2) is 0 Å². The van der Waals surface area contributed by atoms with E-state index in [0.29, 0.717) is 0 Å². The summed E-state index contributed by atoms with van der Waals surface area (Å²) in [6, 6.07) is 0. The molecule has 0 radical (unpaired) electrons. The molecule has 2 aliphatic rings. The lowest BCUT2D eigenvalue weighted by Crippen LogP contribution is -2.57. The summed E-state index contributed by atoms with van der Waals surface area (Å²) in [7, 11) is -2.44. The van der Waals surface area contributed by atoms with Crippen LogP contribution in [-0.4, -0.2) is 68.3 Å². The van der Waals surface area contributed by atoms with Crippen LogP contribution in [0.3, 0.4) is 0 Å². The van der Waals surface area contributed by atoms with E-state index in [4.69, 9.17) is 23.4 Å². The molecule has 2 heterocycles. The topological polar surface area (TPSA) is 66.4 Å². The maximum atomic E-state index is 13.3. The molecule has 0 aromatic rings. The average Bonchev–Trinajstić information content (AvgIpc) is 3.01. The third kappa shape index (κ3) is 5.72. The maximum Gasteiger partial charge on any atom is 0.417 e. The zero-order valence-electron chi connectivity index (χ0n) is 18.7. The summed E-state index contributed by atoms with van der Waals surface area (Å²) >= 11 is 0. The van der Waals surface area contributed by atoms with Crippen molar-refractivity contribution >= 4 is 8.32 Å². The third-order valence-corrected chi connectivity index (χ3v) is 10.2. The van der Waals surface area contributed by atoms with E-state index in [2.05, 4.69) is 0 Å². The van der Waals surface area contributed by atoms with Crippen molar-refractivity contribution in [3.05, 3.63) is 0 Å². The van der Waals surface area contributed by atoms with Crippen molar-refractivity contribution in [3.8, 4) is 0 Å². The van der Waals surface area contributed by atoms with E-state index in [1.54, 1.807) is 13.8 Å². The minimum atomic E-state index is -4.86. The Labute approximate surface area is 172 Å². The molecule has 5 atom stereocenters. The minimum Gasteiger partial charge on any atom is -0.408 e. The largest absolute Gasteiger partial charge is 0.417 e. The minimum absolute atomic E-state index is 0.140. The number of aliphatic hydroxyl groups excluding tert-OH is 1. The van der Waals surface area contributed by atoms with Gasteiger partial charge in [-0.3, -0.25) is 0 Å². The molecule has 0 saturated carbocycles. The van der Waals surface area contributed by atoms with E-state index in [1.807, 2.05) is 33.9 Å². The van der Waals surface area contributed by atoms with Crippen molar-refractivity contribution in [1.29, 1.82) is 0 Å². The Hall–Kier alpha value is -0.233. The van der Waals surface area contributed by atoms with Crippen LogP contribution < -0.4 is 0 Å². The van der Waals surface area contributed by atoms with Crippen LogP contribution in [-0.2, 0) is 23.4 Å². The molecule has 2 fully saturated rings. The zero-order valence-corrected chi connectivity index (χ0v) is 19.7. The number of halogens is 3. The first kappa shape index (κ1) is 25.0. The summed E-state index contributed by atoms with van der Waals surface area (Å²) in [6.07, 6.45) is -12.0. The first-order chi connectivity index (χ1) is 12.8. The molecule has 0 aliphatic carbocycles. The lowest BCUT2D eigenvalue weighted by Gasteiger charge is -2.43. The monoisotopic (exact) mass is 444 g/mol. The van der Waals surface area contributed by atoms with Gasteiger partial charge in [-0.1, -0.05) is 20.8 Å². The van der Waals surface area contributed by atoms with E-state index in [1.165, 1.54) is 13.8 Å². The number of ether oxygens (including phenoxy) is 4. The van der Waals surface area contributed by atoms with E-state index < -0.39 is 56.6 Å². The van der Waals surface area contributed by atoms with Gasteiger partial charge in [-0.05, 0) is 45.8 Å². The summed E-state index contributed by atoms with van der Waals surface area (Å²) in [5.74, 6) is -2.21. The second-order valence-corrected chi connectivity index (χ2v) is 15.0. The van der Waals surface area contributed by atoms with Crippen molar-refractivity contribution in [1.82, 2.24) is 0 Å². The van der Waals surface area contributed by atoms with Gasteiger partial charge in [0, 0.05) is 0 Å². The Morgan fingerprint density at radius 3 is 1.90 bits per heavy atom. The summed E-state index contributed by atoms with van der Waals surface area (Å²) in [5.41, 5.74) is 0. The molecule has 0 amide bonds. The molecule has 0 aromatic heterocycles. The number of alkyl halides is 3. The molecule has 0 aromatic carbocycles. The van der Waals surface area contributed by atoms with E-state index in [9.17, 15) is 18.3 Å². The van der Waals surface area contributed by atoms with Crippen molar-refractivity contribution < 1.29 is 41.7 Å². The predicted molar refractivity (Wildman–Crippen MR) is 103 cm³/mol.